The Morgan fingerprint density at radius 3 is 2.82 bits per heavy atom. The van der Waals surface area contributed by atoms with E-state index in [1.54, 1.807) is 0 Å². The lowest BCUT2D eigenvalue weighted by molar-refractivity contribution is 0.315. The van der Waals surface area contributed by atoms with Crippen molar-refractivity contribution in [3.63, 3.8) is 0 Å². The van der Waals surface area contributed by atoms with Gasteiger partial charge in [-0.3, -0.25) is 0 Å². The number of thioether (sulfide) groups is 1. The van der Waals surface area contributed by atoms with Crippen molar-refractivity contribution in [2.24, 2.45) is 16.8 Å². The Balaban J connectivity index is 3.44. The summed E-state index contributed by atoms with van der Waals surface area (Å²) in [6.45, 7) is 4.10. The SMILES string of the molecule is CCCSCC(C)/C(N)=N/O. The summed E-state index contributed by atoms with van der Waals surface area (Å²) in [5.41, 5.74) is 5.39. The zero-order valence-corrected chi connectivity index (χ0v) is 7.90. The molecule has 3 nitrogen and oxygen atoms in total. The Kier molecular flexibility index (Phi) is 6.12. The van der Waals surface area contributed by atoms with E-state index in [2.05, 4.69) is 12.1 Å². The normalized spacial score (nSPS) is 14.9. The summed E-state index contributed by atoms with van der Waals surface area (Å²) in [7, 11) is 0. The molecule has 0 aromatic heterocycles. The molecule has 0 aliphatic carbocycles. The summed E-state index contributed by atoms with van der Waals surface area (Å²) in [5.74, 6) is 2.58. The van der Waals surface area contributed by atoms with Crippen LogP contribution in [0.5, 0.6) is 0 Å². The average molecular weight is 176 g/mol. The van der Waals surface area contributed by atoms with Crippen LogP contribution < -0.4 is 5.73 Å². The highest BCUT2D eigenvalue weighted by atomic mass is 32.2. The van der Waals surface area contributed by atoms with E-state index in [4.69, 9.17) is 10.9 Å². The van der Waals surface area contributed by atoms with Gasteiger partial charge in [-0.1, -0.05) is 19.0 Å². The first-order valence-corrected chi connectivity index (χ1v) is 4.93. The van der Waals surface area contributed by atoms with Crippen LogP contribution in [0.2, 0.25) is 0 Å². The molecule has 1 atom stereocenters. The minimum absolute atomic E-state index is 0.177. The van der Waals surface area contributed by atoms with Crippen LogP contribution in [-0.2, 0) is 0 Å². The van der Waals surface area contributed by atoms with Gasteiger partial charge in [0.1, 0.15) is 5.84 Å². The molecule has 0 heterocycles. The molecule has 4 heteroatoms. The van der Waals surface area contributed by atoms with Crippen molar-refractivity contribution in [1.29, 1.82) is 0 Å². The molecule has 0 saturated carbocycles. The van der Waals surface area contributed by atoms with Crippen LogP contribution in [-0.4, -0.2) is 22.5 Å². The molecule has 0 saturated heterocycles. The smallest absolute Gasteiger partial charge is 0.142 e. The zero-order valence-electron chi connectivity index (χ0n) is 7.08. The molecule has 66 valence electrons. The standard InChI is InChI=1S/C7H16N2OS/c1-3-4-11-5-6(2)7(8)9-10/h6,10H,3-5H2,1-2H3,(H2,8,9). The maximum Gasteiger partial charge on any atom is 0.142 e. The topological polar surface area (TPSA) is 58.6 Å². The Morgan fingerprint density at radius 1 is 1.73 bits per heavy atom. The highest BCUT2D eigenvalue weighted by Gasteiger charge is 2.06. The number of hydrogen-bond donors (Lipinski definition) is 2. The highest BCUT2D eigenvalue weighted by Crippen LogP contribution is 2.08. The van der Waals surface area contributed by atoms with Crippen molar-refractivity contribution in [2.45, 2.75) is 20.3 Å². The molecule has 11 heavy (non-hydrogen) atoms. The van der Waals surface area contributed by atoms with Crippen LogP contribution in [0.1, 0.15) is 20.3 Å². The van der Waals surface area contributed by atoms with E-state index in [-0.39, 0.29) is 5.92 Å². The Hall–Kier alpha value is -0.380. The fraction of sp³-hybridized carbons (Fsp3) is 0.857. The predicted molar refractivity (Wildman–Crippen MR) is 50.2 cm³/mol. The van der Waals surface area contributed by atoms with E-state index in [1.807, 2.05) is 18.7 Å². The van der Waals surface area contributed by atoms with E-state index in [0.717, 1.165) is 11.5 Å². The lowest BCUT2D eigenvalue weighted by Gasteiger charge is -2.07. The van der Waals surface area contributed by atoms with Gasteiger partial charge in [0, 0.05) is 11.7 Å². The fourth-order valence-electron chi connectivity index (χ4n) is 0.588. The maximum atomic E-state index is 8.32. The predicted octanol–water partition coefficient (Wildman–Crippen LogP) is 1.51. The molecule has 0 bridgehead atoms. The Morgan fingerprint density at radius 2 is 2.36 bits per heavy atom. The van der Waals surface area contributed by atoms with Crippen molar-refractivity contribution >= 4 is 17.6 Å². The van der Waals surface area contributed by atoms with E-state index < -0.39 is 0 Å². The van der Waals surface area contributed by atoms with Crippen LogP contribution in [0.15, 0.2) is 5.16 Å². The lowest BCUT2D eigenvalue weighted by atomic mass is 10.2. The molecule has 0 radical (unpaired) electrons. The van der Waals surface area contributed by atoms with Gasteiger partial charge in [-0.15, -0.1) is 0 Å². The number of nitrogens with zero attached hydrogens (tertiary/aromatic N) is 1. The second-order valence-electron chi connectivity index (χ2n) is 2.50. The van der Waals surface area contributed by atoms with E-state index in [9.17, 15) is 0 Å². The van der Waals surface area contributed by atoms with Crippen molar-refractivity contribution in [1.82, 2.24) is 0 Å². The summed E-state index contributed by atoms with van der Waals surface area (Å²) in [6.07, 6.45) is 1.17. The van der Waals surface area contributed by atoms with Crippen LogP contribution >= 0.6 is 11.8 Å². The van der Waals surface area contributed by atoms with Gasteiger partial charge in [0.15, 0.2) is 0 Å². The summed E-state index contributed by atoms with van der Waals surface area (Å²) in [4.78, 5) is 0. The van der Waals surface area contributed by atoms with Crippen molar-refractivity contribution in [3.05, 3.63) is 0 Å². The van der Waals surface area contributed by atoms with Crippen molar-refractivity contribution < 1.29 is 5.21 Å². The van der Waals surface area contributed by atoms with Gasteiger partial charge >= 0.3 is 0 Å². The monoisotopic (exact) mass is 176 g/mol. The lowest BCUT2D eigenvalue weighted by Crippen LogP contribution is -2.23. The van der Waals surface area contributed by atoms with Crippen LogP contribution in [0, 0.1) is 5.92 Å². The Labute approximate surface area is 72.0 Å². The first-order valence-electron chi connectivity index (χ1n) is 3.77. The quantitative estimate of drug-likeness (QED) is 0.219. The van der Waals surface area contributed by atoms with Gasteiger partial charge < -0.3 is 10.9 Å². The summed E-state index contributed by atoms with van der Waals surface area (Å²) in [5, 5.41) is 11.3. The first-order chi connectivity index (χ1) is 5.22. The van der Waals surface area contributed by atoms with Gasteiger partial charge in [-0.25, -0.2) is 0 Å². The third kappa shape index (κ3) is 4.95. The van der Waals surface area contributed by atoms with Gasteiger partial charge in [-0.05, 0) is 12.2 Å². The van der Waals surface area contributed by atoms with Gasteiger partial charge in [-0.2, -0.15) is 11.8 Å². The molecule has 0 aromatic carbocycles. The third-order valence-electron chi connectivity index (χ3n) is 1.34. The zero-order chi connectivity index (χ0) is 8.69. The molecular formula is C7H16N2OS. The summed E-state index contributed by atoms with van der Waals surface area (Å²) >= 11 is 1.83. The second-order valence-corrected chi connectivity index (χ2v) is 3.65. The fourth-order valence-corrected chi connectivity index (χ4v) is 1.57. The van der Waals surface area contributed by atoms with Crippen molar-refractivity contribution in [3.8, 4) is 0 Å². The number of rotatable bonds is 5. The highest BCUT2D eigenvalue weighted by molar-refractivity contribution is 7.99. The number of amidine groups is 1. The molecule has 0 aliphatic heterocycles. The molecular weight excluding hydrogens is 160 g/mol. The molecule has 0 amide bonds. The first kappa shape index (κ1) is 10.6. The summed E-state index contributed by atoms with van der Waals surface area (Å²) in [6, 6.07) is 0. The molecule has 0 aliphatic rings. The molecule has 0 fully saturated rings. The number of nitrogens with two attached hydrogens (primary N) is 1. The maximum absolute atomic E-state index is 8.32. The Bertz CT molecular complexity index is 128. The minimum atomic E-state index is 0.177. The van der Waals surface area contributed by atoms with Gasteiger partial charge in [0.25, 0.3) is 0 Å². The molecule has 0 aromatic rings. The molecule has 1 unspecified atom stereocenters. The van der Waals surface area contributed by atoms with E-state index >= 15 is 0 Å². The van der Waals surface area contributed by atoms with Crippen LogP contribution in [0.3, 0.4) is 0 Å². The van der Waals surface area contributed by atoms with E-state index in [0.29, 0.717) is 5.84 Å². The number of oxime groups is 1. The van der Waals surface area contributed by atoms with Gasteiger partial charge in [0.05, 0.1) is 0 Å². The largest absolute Gasteiger partial charge is 0.409 e. The summed E-state index contributed by atoms with van der Waals surface area (Å²) < 4.78 is 0. The number of hydrogen-bond acceptors (Lipinski definition) is 3. The second kappa shape index (κ2) is 6.34. The van der Waals surface area contributed by atoms with Crippen LogP contribution in [0.25, 0.3) is 0 Å². The minimum Gasteiger partial charge on any atom is -0.409 e. The van der Waals surface area contributed by atoms with Gasteiger partial charge in [0.2, 0.25) is 0 Å². The molecule has 0 rings (SSSR count). The molecule has 0 spiro atoms. The van der Waals surface area contributed by atoms with Crippen molar-refractivity contribution in [2.75, 3.05) is 11.5 Å². The van der Waals surface area contributed by atoms with Crippen LogP contribution in [0.4, 0.5) is 0 Å². The van der Waals surface area contributed by atoms with E-state index in [1.165, 1.54) is 6.42 Å². The average Bonchev–Trinajstić information content (AvgIpc) is 2.03. The molecule has 3 N–H and O–H groups in total. The third-order valence-corrected chi connectivity index (χ3v) is 2.77.